The maximum Gasteiger partial charge on any atom is 0.407 e. The van der Waals surface area contributed by atoms with Crippen LogP contribution >= 0.6 is 0 Å². The molecule has 1 saturated carbocycles. The molecule has 1 aromatic carbocycles. The number of ether oxygens (including phenoxy) is 1. The summed E-state index contributed by atoms with van der Waals surface area (Å²) in [5.41, 5.74) is 0.546. The van der Waals surface area contributed by atoms with Crippen molar-refractivity contribution in [1.82, 2.24) is 10.2 Å². The Balaban J connectivity index is 1.43. The molecule has 28 heavy (non-hydrogen) atoms. The lowest BCUT2D eigenvalue weighted by Gasteiger charge is -2.51. The molecule has 0 bridgehead atoms. The molecule has 152 valence electrons. The number of rotatable bonds is 4. The molecule has 2 N–H and O–H groups in total. The second-order valence-corrected chi connectivity index (χ2v) is 9.19. The molecule has 2 fully saturated rings. The van der Waals surface area contributed by atoms with E-state index in [1.165, 1.54) is 5.56 Å². The summed E-state index contributed by atoms with van der Waals surface area (Å²) in [7, 11) is 0. The summed E-state index contributed by atoms with van der Waals surface area (Å²) in [6.45, 7) is 6.82. The first-order chi connectivity index (χ1) is 13.2. The third-order valence-electron chi connectivity index (χ3n) is 5.69. The Kier molecular flexibility index (Phi) is 5.97. The van der Waals surface area contributed by atoms with Crippen molar-refractivity contribution in [3.63, 3.8) is 0 Å². The summed E-state index contributed by atoms with van der Waals surface area (Å²) in [5.74, 6) is 0.445. The summed E-state index contributed by atoms with van der Waals surface area (Å²) < 4.78 is 5.22. The zero-order valence-electron chi connectivity index (χ0n) is 17.1. The number of nitrogens with one attached hydrogen (secondary N) is 1. The number of carbonyl (C=O) groups excluding carboxylic acids is 1. The van der Waals surface area contributed by atoms with Crippen LogP contribution in [-0.2, 0) is 4.74 Å². The molecule has 0 radical (unpaired) electrons. The molecule has 1 heterocycles. The Hall–Kier alpha value is -2.10. The minimum absolute atomic E-state index is 0.212. The quantitative estimate of drug-likeness (QED) is 0.832. The van der Waals surface area contributed by atoms with Gasteiger partial charge < -0.3 is 15.2 Å². The van der Waals surface area contributed by atoms with Gasteiger partial charge >= 0.3 is 6.09 Å². The fourth-order valence-corrected chi connectivity index (χ4v) is 4.34. The van der Waals surface area contributed by atoms with Gasteiger partial charge in [-0.3, -0.25) is 4.90 Å². The Morgan fingerprint density at radius 3 is 2.54 bits per heavy atom. The molecule has 6 heteroatoms. The highest BCUT2D eigenvalue weighted by Crippen LogP contribution is 2.38. The van der Waals surface area contributed by atoms with Gasteiger partial charge in [-0.1, -0.05) is 18.2 Å². The maximum absolute atomic E-state index is 11.8. The van der Waals surface area contributed by atoms with Crippen molar-refractivity contribution in [2.75, 3.05) is 19.6 Å². The van der Waals surface area contributed by atoms with E-state index < -0.39 is 17.3 Å². The van der Waals surface area contributed by atoms with E-state index in [-0.39, 0.29) is 6.54 Å². The number of alkyl carbamates (subject to hydrolysis) is 1. The minimum Gasteiger partial charge on any atom is -0.444 e. The lowest BCUT2D eigenvalue weighted by atomic mass is 9.78. The molecule has 0 unspecified atom stereocenters. The highest BCUT2D eigenvalue weighted by atomic mass is 16.6. The molecule has 3 rings (SSSR count). The van der Waals surface area contributed by atoms with Gasteiger partial charge in [-0.2, -0.15) is 5.26 Å². The van der Waals surface area contributed by atoms with Crippen molar-refractivity contribution in [1.29, 1.82) is 5.26 Å². The highest BCUT2D eigenvalue weighted by Gasteiger charge is 2.45. The number of nitrogens with zero attached hydrogens (tertiary/aromatic N) is 2. The number of β-amino-alcohol motifs (C(OH)–C–C–N with tert-alkyl or cyclic N) is 1. The predicted molar refractivity (Wildman–Crippen MR) is 107 cm³/mol. The summed E-state index contributed by atoms with van der Waals surface area (Å²) in [5, 5.41) is 22.6. The number of carbonyl (C=O) groups is 1. The van der Waals surface area contributed by atoms with Crippen LogP contribution in [0.15, 0.2) is 24.3 Å². The molecule has 1 aliphatic carbocycles. The number of benzene rings is 1. The Morgan fingerprint density at radius 2 is 1.93 bits per heavy atom. The van der Waals surface area contributed by atoms with Gasteiger partial charge in [-0.15, -0.1) is 0 Å². The van der Waals surface area contributed by atoms with Crippen molar-refractivity contribution in [3.8, 4) is 6.07 Å². The second kappa shape index (κ2) is 8.10. The fraction of sp³-hybridized carbons (Fsp3) is 0.636. The summed E-state index contributed by atoms with van der Waals surface area (Å²) in [4.78, 5) is 14.1. The molecule has 0 atom stereocenters. The van der Waals surface area contributed by atoms with Gasteiger partial charge in [-0.25, -0.2) is 4.79 Å². The van der Waals surface area contributed by atoms with Gasteiger partial charge in [0.15, 0.2) is 0 Å². The van der Waals surface area contributed by atoms with Crippen molar-refractivity contribution in [2.24, 2.45) is 0 Å². The van der Waals surface area contributed by atoms with E-state index in [4.69, 9.17) is 4.74 Å². The topological polar surface area (TPSA) is 85.6 Å². The van der Waals surface area contributed by atoms with Crippen LogP contribution in [0.3, 0.4) is 0 Å². The SMILES string of the molecule is CC(C)(C)OC(=O)NCC1(O)CN(C2CCC(c3ccccc3C#N)CC2)C1. The van der Waals surface area contributed by atoms with Gasteiger partial charge in [0.25, 0.3) is 0 Å². The van der Waals surface area contributed by atoms with Crippen LogP contribution in [-0.4, -0.2) is 53.0 Å². The van der Waals surface area contributed by atoms with E-state index in [1.54, 1.807) is 0 Å². The third-order valence-corrected chi connectivity index (χ3v) is 5.69. The van der Waals surface area contributed by atoms with Gasteiger partial charge in [0.2, 0.25) is 0 Å². The molecule has 1 aromatic rings. The van der Waals surface area contributed by atoms with Crippen LogP contribution < -0.4 is 5.32 Å². The second-order valence-electron chi connectivity index (χ2n) is 9.19. The maximum atomic E-state index is 11.8. The molecule has 0 aromatic heterocycles. The standard InChI is InChI=1S/C22H31N3O3/c1-21(2,3)28-20(26)24-13-22(27)14-25(15-22)18-10-8-16(9-11-18)19-7-5-4-6-17(19)12-23/h4-7,16,18,27H,8-11,13-15H2,1-3H3,(H,24,26). The van der Waals surface area contributed by atoms with E-state index in [9.17, 15) is 15.2 Å². The van der Waals surface area contributed by atoms with E-state index >= 15 is 0 Å². The van der Waals surface area contributed by atoms with Gasteiger partial charge in [-0.05, 0) is 64.0 Å². The summed E-state index contributed by atoms with van der Waals surface area (Å²) in [6.07, 6.45) is 3.78. The Morgan fingerprint density at radius 1 is 1.29 bits per heavy atom. The van der Waals surface area contributed by atoms with Crippen molar-refractivity contribution in [2.45, 2.75) is 69.6 Å². The van der Waals surface area contributed by atoms with E-state index in [1.807, 2.05) is 39.0 Å². The predicted octanol–water partition coefficient (Wildman–Crippen LogP) is 3.16. The number of hydrogen-bond donors (Lipinski definition) is 2. The molecule has 0 spiro atoms. The zero-order chi connectivity index (χ0) is 20.4. The van der Waals surface area contributed by atoms with Gasteiger partial charge in [0.05, 0.1) is 18.2 Å². The number of aliphatic hydroxyl groups is 1. The van der Waals surface area contributed by atoms with Crippen LogP contribution in [0.2, 0.25) is 0 Å². The minimum atomic E-state index is -0.874. The zero-order valence-corrected chi connectivity index (χ0v) is 17.1. The smallest absolute Gasteiger partial charge is 0.407 e. The molecule has 6 nitrogen and oxygen atoms in total. The van der Waals surface area contributed by atoms with Crippen LogP contribution in [0.1, 0.15) is 63.5 Å². The van der Waals surface area contributed by atoms with E-state index in [0.29, 0.717) is 25.0 Å². The first kappa shape index (κ1) is 20.6. The molecule has 1 saturated heterocycles. The van der Waals surface area contributed by atoms with Crippen LogP contribution in [0.4, 0.5) is 4.79 Å². The van der Waals surface area contributed by atoms with Crippen molar-refractivity contribution < 1.29 is 14.6 Å². The highest BCUT2D eigenvalue weighted by molar-refractivity contribution is 5.67. The normalized spacial score (nSPS) is 24.7. The average molecular weight is 386 g/mol. The Bertz CT molecular complexity index is 736. The van der Waals surface area contributed by atoms with Crippen LogP contribution in [0.5, 0.6) is 0 Å². The lowest BCUT2D eigenvalue weighted by molar-refractivity contribution is -0.117. The molecular weight excluding hydrogens is 354 g/mol. The molecular formula is C22H31N3O3. The van der Waals surface area contributed by atoms with Crippen molar-refractivity contribution >= 4 is 6.09 Å². The molecule has 2 aliphatic rings. The van der Waals surface area contributed by atoms with Gasteiger partial charge in [0, 0.05) is 19.1 Å². The number of amides is 1. The van der Waals surface area contributed by atoms with E-state index in [0.717, 1.165) is 31.2 Å². The monoisotopic (exact) mass is 385 g/mol. The first-order valence-corrected chi connectivity index (χ1v) is 10.1. The first-order valence-electron chi connectivity index (χ1n) is 10.1. The number of nitriles is 1. The van der Waals surface area contributed by atoms with Crippen molar-refractivity contribution in [3.05, 3.63) is 35.4 Å². The molecule has 1 aliphatic heterocycles. The van der Waals surface area contributed by atoms with Gasteiger partial charge in [0.1, 0.15) is 11.2 Å². The van der Waals surface area contributed by atoms with Crippen LogP contribution in [0, 0.1) is 11.3 Å². The number of likely N-dealkylation sites (tertiary alicyclic amines) is 1. The fourth-order valence-electron chi connectivity index (χ4n) is 4.34. The Labute approximate surface area is 167 Å². The van der Waals surface area contributed by atoms with E-state index in [2.05, 4.69) is 22.4 Å². The average Bonchev–Trinajstić information content (AvgIpc) is 2.63. The summed E-state index contributed by atoms with van der Waals surface area (Å²) >= 11 is 0. The van der Waals surface area contributed by atoms with Crippen LogP contribution in [0.25, 0.3) is 0 Å². The largest absolute Gasteiger partial charge is 0.444 e. The molecule has 1 amide bonds. The third kappa shape index (κ3) is 5.03. The summed E-state index contributed by atoms with van der Waals surface area (Å²) in [6, 6.07) is 10.7. The number of hydrogen-bond acceptors (Lipinski definition) is 5. The lowest BCUT2D eigenvalue weighted by Crippen LogP contribution is -2.68.